The van der Waals surface area contributed by atoms with Crippen LogP contribution in [0.1, 0.15) is 25.3 Å². The van der Waals surface area contributed by atoms with Gasteiger partial charge in [0.25, 0.3) is 0 Å². The van der Waals surface area contributed by atoms with Crippen molar-refractivity contribution < 1.29 is 0 Å². The first-order valence-corrected chi connectivity index (χ1v) is 6.45. The molecule has 0 fully saturated rings. The van der Waals surface area contributed by atoms with Crippen molar-refractivity contribution in [2.45, 2.75) is 19.8 Å². The second-order valence-electron chi connectivity index (χ2n) is 3.59. The fourth-order valence-electron chi connectivity index (χ4n) is 1.26. The molecule has 0 saturated heterocycles. The molecule has 1 rings (SSSR count). The van der Waals surface area contributed by atoms with Crippen LogP contribution in [0.15, 0.2) is 18.2 Å². The van der Waals surface area contributed by atoms with E-state index in [-0.39, 0.29) is 0 Å². The van der Waals surface area contributed by atoms with E-state index in [9.17, 15) is 0 Å². The van der Waals surface area contributed by atoms with Crippen molar-refractivity contribution in [3.8, 4) is 0 Å². The van der Waals surface area contributed by atoms with E-state index < -0.39 is 0 Å². The van der Waals surface area contributed by atoms with Crippen LogP contribution in [0.2, 0.25) is 10.0 Å². The number of hydrogen-bond donors (Lipinski definition) is 0. The summed E-state index contributed by atoms with van der Waals surface area (Å²) < 4.78 is 0. The third-order valence-electron chi connectivity index (χ3n) is 2.57. The Hall–Kier alpha value is 0.280. The monoisotopic (exact) mass is 294 g/mol. The lowest BCUT2D eigenvalue weighted by Gasteiger charge is -2.18. The van der Waals surface area contributed by atoms with Crippen LogP contribution in [0.3, 0.4) is 0 Å². The SMILES string of the molecule is CC(CBr)C(C)c1ccc(Cl)c(Cl)c1. The van der Waals surface area contributed by atoms with Gasteiger partial charge in [0, 0.05) is 5.33 Å². The summed E-state index contributed by atoms with van der Waals surface area (Å²) in [6.07, 6.45) is 0. The fraction of sp³-hybridized carbons (Fsp3) is 0.455. The third kappa shape index (κ3) is 2.88. The van der Waals surface area contributed by atoms with E-state index in [1.807, 2.05) is 18.2 Å². The minimum Gasteiger partial charge on any atom is -0.0925 e. The molecule has 0 bridgehead atoms. The highest BCUT2D eigenvalue weighted by Crippen LogP contribution is 2.30. The summed E-state index contributed by atoms with van der Waals surface area (Å²) in [5.41, 5.74) is 1.24. The van der Waals surface area contributed by atoms with Gasteiger partial charge in [0.05, 0.1) is 10.0 Å². The highest BCUT2D eigenvalue weighted by atomic mass is 79.9. The smallest absolute Gasteiger partial charge is 0.0595 e. The van der Waals surface area contributed by atoms with Gasteiger partial charge in [0.15, 0.2) is 0 Å². The topological polar surface area (TPSA) is 0 Å². The van der Waals surface area contributed by atoms with E-state index in [1.54, 1.807) is 0 Å². The van der Waals surface area contributed by atoms with Crippen LogP contribution < -0.4 is 0 Å². The van der Waals surface area contributed by atoms with Crippen LogP contribution >= 0.6 is 39.1 Å². The van der Waals surface area contributed by atoms with Crippen LogP contribution in [0.25, 0.3) is 0 Å². The predicted molar refractivity (Wildman–Crippen MR) is 67.8 cm³/mol. The summed E-state index contributed by atoms with van der Waals surface area (Å²) in [6.45, 7) is 4.41. The van der Waals surface area contributed by atoms with Crippen molar-refractivity contribution in [3.05, 3.63) is 33.8 Å². The second-order valence-corrected chi connectivity index (χ2v) is 5.06. The number of halogens is 3. The highest BCUT2D eigenvalue weighted by molar-refractivity contribution is 9.09. The number of hydrogen-bond acceptors (Lipinski definition) is 0. The molecule has 0 amide bonds. The number of benzene rings is 1. The van der Waals surface area contributed by atoms with Crippen LogP contribution in [0.5, 0.6) is 0 Å². The molecule has 0 spiro atoms. The summed E-state index contributed by atoms with van der Waals surface area (Å²) in [5.74, 6) is 1.08. The van der Waals surface area contributed by atoms with Gasteiger partial charge in [-0.15, -0.1) is 0 Å². The Balaban J connectivity index is 2.91. The van der Waals surface area contributed by atoms with Gasteiger partial charge in [-0.2, -0.15) is 0 Å². The Bertz CT molecular complexity index is 312. The van der Waals surface area contributed by atoms with Gasteiger partial charge in [-0.1, -0.05) is 59.0 Å². The Labute approximate surface area is 104 Å². The fourth-order valence-corrected chi connectivity index (χ4v) is 2.13. The first-order chi connectivity index (χ1) is 6.56. The minimum absolute atomic E-state index is 0.490. The molecule has 0 aliphatic heterocycles. The Morgan fingerprint density at radius 2 is 1.86 bits per heavy atom. The van der Waals surface area contributed by atoms with Gasteiger partial charge in [-0.3, -0.25) is 0 Å². The van der Waals surface area contributed by atoms with Gasteiger partial charge < -0.3 is 0 Å². The number of rotatable bonds is 3. The number of alkyl halides is 1. The predicted octanol–water partition coefficient (Wildman–Crippen LogP) is 5.13. The van der Waals surface area contributed by atoms with Crippen LogP contribution in [0.4, 0.5) is 0 Å². The lowest BCUT2D eigenvalue weighted by atomic mass is 9.90. The second kappa shape index (κ2) is 5.39. The molecule has 78 valence electrons. The normalized spacial score (nSPS) is 15.2. The lowest BCUT2D eigenvalue weighted by molar-refractivity contribution is 0.547. The molecule has 0 aliphatic carbocycles. The maximum absolute atomic E-state index is 5.96. The zero-order chi connectivity index (χ0) is 10.7. The lowest BCUT2D eigenvalue weighted by Crippen LogP contribution is -2.07. The zero-order valence-electron chi connectivity index (χ0n) is 8.23. The molecule has 2 atom stereocenters. The largest absolute Gasteiger partial charge is 0.0925 e. The zero-order valence-corrected chi connectivity index (χ0v) is 11.3. The van der Waals surface area contributed by atoms with Crippen LogP contribution in [-0.4, -0.2) is 5.33 Å². The highest BCUT2D eigenvalue weighted by Gasteiger charge is 2.13. The van der Waals surface area contributed by atoms with Crippen molar-refractivity contribution in [3.63, 3.8) is 0 Å². The molecule has 3 heteroatoms. The van der Waals surface area contributed by atoms with E-state index in [0.717, 1.165) is 5.33 Å². The van der Waals surface area contributed by atoms with Gasteiger partial charge in [0.1, 0.15) is 0 Å². The molecule has 2 unspecified atom stereocenters. The third-order valence-corrected chi connectivity index (χ3v) is 4.33. The molecular formula is C11H13BrCl2. The summed E-state index contributed by atoms with van der Waals surface area (Å²) in [4.78, 5) is 0. The van der Waals surface area contributed by atoms with E-state index in [0.29, 0.717) is 21.9 Å². The molecule has 0 aromatic heterocycles. The van der Waals surface area contributed by atoms with Crippen LogP contribution in [0, 0.1) is 5.92 Å². The maximum atomic E-state index is 5.96. The van der Waals surface area contributed by atoms with Crippen molar-refractivity contribution in [2.75, 3.05) is 5.33 Å². The quantitative estimate of drug-likeness (QED) is 0.678. The summed E-state index contributed by atoms with van der Waals surface area (Å²) in [6, 6.07) is 5.85. The molecule has 14 heavy (non-hydrogen) atoms. The first-order valence-electron chi connectivity index (χ1n) is 4.57. The summed E-state index contributed by atoms with van der Waals surface area (Å²) in [7, 11) is 0. The van der Waals surface area contributed by atoms with E-state index >= 15 is 0 Å². The van der Waals surface area contributed by atoms with Crippen molar-refractivity contribution in [1.29, 1.82) is 0 Å². The van der Waals surface area contributed by atoms with Crippen molar-refractivity contribution in [2.24, 2.45) is 5.92 Å². The molecule has 0 aliphatic rings. The molecule has 0 saturated carbocycles. The molecule has 0 heterocycles. The molecule has 0 nitrogen and oxygen atoms in total. The summed E-state index contributed by atoms with van der Waals surface area (Å²) in [5, 5.41) is 2.25. The standard InChI is InChI=1S/C11H13BrCl2/c1-7(6-12)8(2)9-3-4-10(13)11(14)5-9/h3-5,7-8H,6H2,1-2H3. The Kier molecular flexibility index (Phi) is 4.75. The van der Waals surface area contributed by atoms with Gasteiger partial charge >= 0.3 is 0 Å². The molecule has 0 N–H and O–H groups in total. The average molecular weight is 296 g/mol. The van der Waals surface area contributed by atoms with Gasteiger partial charge in [-0.05, 0) is 29.5 Å². The molecular weight excluding hydrogens is 283 g/mol. The van der Waals surface area contributed by atoms with Gasteiger partial charge in [0.2, 0.25) is 0 Å². The summed E-state index contributed by atoms with van der Waals surface area (Å²) >= 11 is 15.3. The van der Waals surface area contributed by atoms with Crippen LogP contribution in [-0.2, 0) is 0 Å². The van der Waals surface area contributed by atoms with Gasteiger partial charge in [-0.25, -0.2) is 0 Å². The maximum Gasteiger partial charge on any atom is 0.0595 e. The Morgan fingerprint density at radius 1 is 1.21 bits per heavy atom. The molecule has 1 aromatic rings. The Morgan fingerprint density at radius 3 is 2.36 bits per heavy atom. The average Bonchev–Trinajstić information content (AvgIpc) is 2.20. The minimum atomic E-state index is 0.490. The van der Waals surface area contributed by atoms with E-state index in [4.69, 9.17) is 23.2 Å². The van der Waals surface area contributed by atoms with Crippen molar-refractivity contribution in [1.82, 2.24) is 0 Å². The van der Waals surface area contributed by atoms with Crippen molar-refractivity contribution >= 4 is 39.1 Å². The molecule has 1 aromatic carbocycles. The molecule has 0 radical (unpaired) electrons. The van der Waals surface area contributed by atoms with E-state index in [2.05, 4.69) is 29.8 Å². The van der Waals surface area contributed by atoms with E-state index in [1.165, 1.54) is 5.56 Å². The first kappa shape index (κ1) is 12.4.